The Morgan fingerprint density at radius 3 is 2.34 bits per heavy atom. The second-order valence-electron chi connectivity index (χ2n) is 8.04. The predicted molar refractivity (Wildman–Crippen MR) is 119 cm³/mol. The van der Waals surface area contributed by atoms with E-state index in [1.165, 1.54) is 0 Å². The molecule has 0 bridgehead atoms. The number of amides is 5. The van der Waals surface area contributed by atoms with Crippen LogP contribution in [0.2, 0.25) is 0 Å². The van der Waals surface area contributed by atoms with Gasteiger partial charge in [0, 0.05) is 13.1 Å². The van der Waals surface area contributed by atoms with Gasteiger partial charge in [-0.25, -0.2) is 4.79 Å². The van der Waals surface area contributed by atoms with Crippen LogP contribution in [0.3, 0.4) is 0 Å². The molecule has 2 saturated heterocycles. The SMILES string of the molecule is CCC1(c2ccccc2)NC(=O)N(CC(=O)Nc2ccccc2C(=O)N2CCCC2)C1=O. The van der Waals surface area contributed by atoms with Crippen LogP contribution in [0.25, 0.3) is 0 Å². The second kappa shape index (κ2) is 8.82. The number of anilines is 1. The molecule has 0 spiro atoms. The van der Waals surface area contributed by atoms with E-state index < -0.39 is 29.9 Å². The van der Waals surface area contributed by atoms with Crippen molar-refractivity contribution >= 4 is 29.4 Å². The van der Waals surface area contributed by atoms with E-state index >= 15 is 0 Å². The molecule has 2 heterocycles. The number of nitrogens with one attached hydrogen (secondary N) is 2. The molecule has 32 heavy (non-hydrogen) atoms. The number of benzene rings is 2. The van der Waals surface area contributed by atoms with Gasteiger partial charge in [0.15, 0.2) is 0 Å². The van der Waals surface area contributed by atoms with E-state index in [-0.39, 0.29) is 5.91 Å². The zero-order chi connectivity index (χ0) is 22.7. The van der Waals surface area contributed by atoms with Gasteiger partial charge in [0.1, 0.15) is 12.1 Å². The molecule has 8 heteroatoms. The van der Waals surface area contributed by atoms with E-state index in [1.54, 1.807) is 53.4 Å². The molecule has 0 radical (unpaired) electrons. The van der Waals surface area contributed by atoms with Crippen LogP contribution in [0, 0.1) is 0 Å². The molecule has 5 amide bonds. The molecule has 2 aromatic rings. The third kappa shape index (κ3) is 3.84. The molecule has 0 saturated carbocycles. The van der Waals surface area contributed by atoms with Crippen molar-refractivity contribution in [2.24, 2.45) is 0 Å². The van der Waals surface area contributed by atoms with Crippen molar-refractivity contribution in [2.75, 3.05) is 25.0 Å². The highest BCUT2D eigenvalue weighted by Crippen LogP contribution is 2.32. The number of nitrogens with zero attached hydrogens (tertiary/aromatic N) is 2. The first-order chi connectivity index (χ1) is 15.5. The number of hydrogen-bond acceptors (Lipinski definition) is 4. The summed E-state index contributed by atoms with van der Waals surface area (Å²) >= 11 is 0. The maximum absolute atomic E-state index is 13.2. The lowest BCUT2D eigenvalue weighted by atomic mass is 9.87. The summed E-state index contributed by atoms with van der Waals surface area (Å²) in [6.07, 6.45) is 2.28. The lowest BCUT2D eigenvalue weighted by Gasteiger charge is -2.25. The smallest absolute Gasteiger partial charge is 0.325 e. The molecule has 0 aliphatic carbocycles. The molecule has 1 atom stereocenters. The largest absolute Gasteiger partial charge is 0.339 e. The number of likely N-dealkylation sites (tertiary alicyclic amines) is 1. The Morgan fingerprint density at radius 2 is 1.66 bits per heavy atom. The maximum Gasteiger partial charge on any atom is 0.325 e. The molecule has 1 unspecified atom stereocenters. The highest BCUT2D eigenvalue weighted by molar-refractivity contribution is 6.11. The minimum absolute atomic E-state index is 0.137. The van der Waals surface area contributed by atoms with E-state index in [0.717, 1.165) is 17.7 Å². The van der Waals surface area contributed by atoms with Gasteiger partial charge in [-0.15, -0.1) is 0 Å². The van der Waals surface area contributed by atoms with Crippen LogP contribution < -0.4 is 10.6 Å². The van der Waals surface area contributed by atoms with Crippen LogP contribution in [-0.2, 0) is 15.1 Å². The van der Waals surface area contributed by atoms with E-state index in [9.17, 15) is 19.2 Å². The highest BCUT2D eigenvalue weighted by atomic mass is 16.2. The molecule has 2 aliphatic rings. The van der Waals surface area contributed by atoms with Gasteiger partial charge in [-0.05, 0) is 37.0 Å². The van der Waals surface area contributed by atoms with Gasteiger partial charge in [-0.1, -0.05) is 49.4 Å². The maximum atomic E-state index is 13.2. The number of imide groups is 1. The van der Waals surface area contributed by atoms with Crippen LogP contribution in [0.1, 0.15) is 42.1 Å². The molecule has 2 aromatic carbocycles. The van der Waals surface area contributed by atoms with E-state index in [0.29, 0.717) is 36.3 Å². The van der Waals surface area contributed by atoms with Crippen molar-refractivity contribution in [2.45, 2.75) is 31.7 Å². The van der Waals surface area contributed by atoms with Gasteiger partial charge in [-0.2, -0.15) is 0 Å². The summed E-state index contributed by atoms with van der Waals surface area (Å²) in [5.41, 5.74) is 0.242. The van der Waals surface area contributed by atoms with E-state index in [1.807, 2.05) is 13.0 Å². The Bertz CT molecular complexity index is 1050. The Kier molecular flexibility index (Phi) is 5.94. The summed E-state index contributed by atoms with van der Waals surface area (Å²) in [5.74, 6) is -1.15. The van der Waals surface area contributed by atoms with Gasteiger partial charge in [-0.3, -0.25) is 19.3 Å². The van der Waals surface area contributed by atoms with Crippen molar-refractivity contribution in [3.8, 4) is 0 Å². The molecule has 166 valence electrons. The van der Waals surface area contributed by atoms with Crippen LogP contribution >= 0.6 is 0 Å². The van der Waals surface area contributed by atoms with Crippen molar-refractivity contribution < 1.29 is 19.2 Å². The Hall–Kier alpha value is -3.68. The van der Waals surface area contributed by atoms with E-state index in [4.69, 9.17) is 0 Å². The first-order valence-corrected chi connectivity index (χ1v) is 10.8. The lowest BCUT2D eigenvalue weighted by Crippen LogP contribution is -2.44. The predicted octanol–water partition coefficient (Wildman–Crippen LogP) is 2.72. The summed E-state index contributed by atoms with van der Waals surface area (Å²) < 4.78 is 0. The fourth-order valence-corrected chi connectivity index (χ4v) is 4.33. The first kappa shape index (κ1) is 21.5. The van der Waals surface area contributed by atoms with Crippen molar-refractivity contribution in [3.05, 3.63) is 65.7 Å². The average Bonchev–Trinajstić information content (AvgIpc) is 3.43. The number of rotatable bonds is 6. The van der Waals surface area contributed by atoms with Crippen molar-refractivity contribution in [1.29, 1.82) is 0 Å². The van der Waals surface area contributed by atoms with Crippen LogP contribution in [0.4, 0.5) is 10.5 Å². The minimum atomic E-state index is -1.19. The average molecular weight is 434 g/mol. The number of urea groups is 1. The van der Waals surface area contributed by atoms with Gasteiger partial charge >= 0.3 is 6.03 Å². The highest BCUT2D eigenvalue weighted by Gasteiger charge is 2.51. The minimum Gasteiger partial charge on any atom is -0.339 e. The Labute approximate surface area is 186 Å². The summed E-state index contributed by atoms with van der Waals surface area (Å²) in [6.45, 7) is 2.77. The van der Waals surface area contributed by atoms with E-state index in [2.05, 4.69) is 10.6 Å². The second-order valence-corrected chi connectivity index (χ2v) is 8.04. The number of carbonyl (C=O) groups is 4. The Balaban J connectivity index is 1.50. The molecule has 8 nitrogen and oxygen atoms in total. The molecule has 2 N–H and O–H groups in total. The summed E-state index contributed by atoms with van der Waals surface area (Å²) in [5, 5.41) is 5.47. The fraction of sp³-hybridized carbons (Fsp3) is 0.333. The summed E-state index contributed by atoms with van der Waals surface area (Å²) in [6, 6.07) is 15.2. The quantitative estimate of drug-likeness (QED) is 0.683. The van der Waals surface area contributed by atoms with Gasteiger partial charge in [0.25, 0.3) is 11.8 Å². The molecule has 2 fully saturated rings. The van der Waals surface area contributed by atoms with Crippen LogP contribution in [0.15, 0.2) is 54.6 Å². The number of carbonyl (C=O) groups excluding carboxylic acids is 4. The third-order valence-corrected chi connectivity index (χ3v) is 6.10. The standard InChI is InChI=1S/C24H26N4O4/c1-2-24(17-10-4-3-5-11-17)22(31)28(23(32)26-24)16-20(29)25-19-13-7-6-12-18(19)21(30)27-14-8-9-15-27/h3-7,10-13H,2,8-9,14-16H2,1H3,(H,25,29)(H,26,32). The monoisotopic (exact) mass is 434 g/mol. The van der Waals surface area contributed by atoms with Gasteiger partial charge in [0.05, 0.1) is 11.3 Å². The first-order valence-electron chi connectivity index (χ1n) is 10.8. The lowest BCUT2D eigenvalue weighted by molar-refractivity contribution is -0.134. The van der Waals surface area contributed by atoms with Crippen molar-refractivity contribution in [1.82, 2.24) is 15.1 Å². The summed E-state index contributed by atoms with van der Waals surface area (Å²) in [7, 11) is 0. The van der Waals surface area contributed by atoms with Crippen molar-refractivity contribution in [3.63, 3.8) is 0 Å². The van der Waals surface area contributed by atoms with Gasteiger partial charge in [0.2, 0.25) is 5.91 Å². The zero-order valence-corrected chi connectivity index (χ0v) is 18.0. The Morgan fingerprint density at radius 1 is 1.00 bits per heavy atom. The molecular weight excluding hydrogens is 408 g/mol. The fourth-order valence-electron chi connectivity index (χ4n) is 4.33. The molecule has 0 aromatic heterocycles. The molecule has 2 aliphatic heterocycles. The number of para-hydroxylation sites is 1. The van der Waals surface area contributed by atoms with Gasteiger partial charge < -0.3 is 15.5 Å². The molecular formula is C24H26N4O4. The van der Waals surface area contributed by atoms with Crippen LogP contribution in [-0.4, -0.2) is 53.2 Å². The zero-order valence-electron chi connectivity index (χ0n) is 18.0. The van der Waals surface area contributed by atoms with Crippen LogP contribution in [0.5, 0.6) is 0 Å². The topological polar surface area (TPSA) is 98.8 Å². The third-order valence-electron chi connectivity index (χ3n) is 6.10. The number of hydrogen-bond donors (Lipinski definition) is 2. The summed E-state index contributed by atoms with van der Waals surface area (Å²) in [4.78, 5) is 54.1. The normalized spacial score (nSPS) is 20.4. The molecule has 4 rings (SSSR count).